The Morgan fingerprint density at radius 1 is 1.14 bits per heavy atom. The Hall–Kier alpha value is -2.74. The van der Waals surface area contributed by atoms with Crippen LogP contribution in [0.1, 0.15) is 33.6 Å². The fourth-order valence-electron chi connectivity index (χ4n) is 2.89. The molecule has 0 aliphatic carbocycles. The number of hydrogen-bond acceptors (Lipinski definition) is 6. The Balaban J connectivity index is 2.09. The van der Waals surface area contributed by atoms with Gasteiger partial charge in [0.25, 0.3) is 17.7 Å². The first-order chi connectivity index (χ1) is 10.4. The highest BCUT2D eigenvalue weighted by Crippen LogP contribution is 2.34. The van der Waals surface area contributed by atoms with Crippen LogP contribution in [0.5, 0.6) is 0 Å². The van der Waals surface area contributed by atoms with Crippen LogP contribution in [-0.2, 0) is 9.59 Å². The van der Waals surface area contributed by atoms with Crippen LogP contribution >= 0.6 is 0 Å². The van der Waals surface area contributed by atoms with E-state index in [2.05, 4.69) is 5.32 Å². The molecule has 3 rings (SSSR count). The third-order valence-electron chi connectivity index (χ3n) is 4.12. The summed E-state index contributed by atoms with van der Waals surface area (Å²) in [5.41, 5.74) is 10.5. The lowest BCUT2D eigenvalue weighted by Crippen LogP contribution is -2.67. The van der Waals surface area contributed by atoms with Gasteiger partial charge < -0.3 is 11.5 Å². The summed E-state index contributed by atoms with van der Waals surface area (Å²) < 4.78 is 0. The minimum absolute atomic E-state index is 0.00905. The molecule has 2 aliphatic heterocycles. The first-order valence-corrected chi connectivity index (χ1v) is 6.73. The zero-order valence-corrected chi connectivity index (χ0v) is 11.6. The highest BCUT2D eigenvalue weighted by Gasteiger charge is 2.54. The molecule has 0 bridgehead atoms. The van der Waals surface area contributed by atoms with Gasteiger partial charge in [-0.15, -0.1) is 0 Å². The average Bonchev–Trinajstić information content (AvgIpc) is 2.72. The Labute approximate surface area is 125 Å². The van der Waals surface area contributed by atoms with Gasteiger partial charge in [-0.2, -0.15) is 0 Å². The quantitative estimate of drug-likeness (QED) is 0.473. The number of nitrogen functional groups attached to an aromatic ring is 1. The fourth-order valence-corrected chi connectivity index (χ4v) is 2.89. The molecule has 1 fully saturated rings. The molecule has 8 nitrogen and oxygen atoms in total. The van der Waals surface area contributed by atoms with Gasteiger partial charge in [0.05, 0.1) is 11.1 Å². The van der Waals surface area contributed by atoms with E-state index in [0.29, 0.717) is 5.69 Å². The summed E-state index contributed by atoms with van der Waals surface area (Å²) in [5.74, 6) is -2.40. The van der Waals surface area contributed by atoms with Gasteiger partial charge in [0.15, 0.2) is 0 Å². The molecule has 1 saturated heterocycles. The second kappa shape index (κ2) is 4.63. The second-order valence-corrected chi connectivity index (χ2v) is 5.36. The second-order valence-electron chi connectivity index (χ2n) is 5.36. The Kier molecular flexibility index (Phi) is 2.99. The molecular formula is C14H14N4O4. The molecule has 8 heteroatoms. The van der Waals surface area contributed by atoms with Gasteiger partial charge in [-0.05, 0) is 24.6 Å². The number of carbonyl (C=O) groups excluding carboxylic acids is 4. The predicted octanol–water partition coefficient (Wildman–Crippen LogP) is -1.00. The van der Waals surface area contributed by atoms with Gasteiger partial charge in [-0.25, -0.2) is 0 Å². The smallest absolute Gasteiger partial charge is 0.262 e. The van der Waals surface area contributed by atoms with E-state index in [-0.39, 0.29) is 30.5 Å². The zero-order chi connectivity index (χ0) is 16.1. The van der Waals surface area contributed by atoms with Crippen LogP contribution < -0.4 is 16.8 Å². The highest BCUT2D eigenvalue weighted by atomic mass is 16.2. The summed E-state index contributed by atoms with van der Waals surface area (Å²) in [6, 6.07) is 4.35. The normalized spacial score (nSPS) is 24.5. The maximum absolute atomic E-state index is 12.6. The molecule has 1 atom stereocenters. The number of benzene rings is 1. The number of nitrogens with zero attached hydrogens (tertiary/aromatic N) is 1. The largest absolute Gasteiger partial charge is 0.399 e. The molecule has 2 heterocycles. The maximum Gasteiger partial charge on any atom is 0.262 e. The predicted molar refractivity (Wildman–Crippen MR) is 75.5 cm³/mol. The van der Waals surface area contributed by atoms with Crippen molar-refractivity contribution in [2.75, 3.05) is 12.3 Å². The number of carbonyl (C=O) groups is 4. The van der Waals surface area contributed by atoms with Crippen LogP contribution in [0.15, 0.2) is 18.2 Å². The summed E-state index contributed by atoms with van der Waals surface area (Å²) in [5, 5.41) is 2.15. The van der Waals surface area contributed by atoms with E-state index in [4.69, 9.17) is 11.5 Å². The number of hydrogen-bond donors (Lipinski definition) is 3. The van der Waals surface area contributed by atoms with Crippen LogP contribution in [0, 0.1) is 0 Å². The third kappa shape index (κ3) is 1.74. The van der Waals surface area contributed by atoms with E-state index in [9.17, 15) is 19.2 Å². The highest BCUT2D eigenvalue weighted by molar-refractivity contribution is 6.24. The number of rotatable bonds is 2. The maximum atomic E-state index is 12.6. The van der Waals surface area contributed by atoms with E-state index in [1.807, 2.05) is 0 Å². The van der Waals surface area contributed by atoms with Crippen LogP contribution in [0.4, 0.5) is 5.69 Å². The Morgan fingerprint density at radius 2 is 1.82 bits per heavy atom. The van der Waals surface area contributed by atoms with Crippen molar-refractivity contribution in [2.45, 2.75) is 18.4 Å². The summed E-state index contributed by atoms with van der Waals surface area (Å²) in [7, 11) is 0. The molecule has 0 saturated carbocycles. The molecule has 1 aromatic rings. The van der Waals surface area contributed by atoms with Crippen LogP contribution in [0.25, 0.3) is 0 Å². The minimum Gasteiger partial charge on any atom is -0.399 e. The van der Waals surface area contributed by atoms with Crippen molar-refractivity contribution in [3.63, 3.8) is 0 Å². The van der Waals surface area contributed by atoms with Gasteiger partial charge in [-0.3, -0.25) is 29.4 Å². The molecule has 0 spiro atoms. The molecule has 114 valence electrons. The van der Waals surface area contributed by atoms with Crippen molar-refractivity contribution in [1.29, 1.82) is 0 Å². The summed E-state index contributed by atoms with van der Waals surface area (Å²) >= 11 is 0. The van der Waals surface area contributed by atoms with E-state index in [1.165, 1.54) is 18.2 Å². The lowest BCUT2D eigenvalue weighted by Gasteiger charge is -2.40. The zero-order valence-electron chi connectivity index (χ0n) is 11.6. The molecule has 0 radical (unpaired) electrons. The Bertz CT molecular complexity index is 730. The van der Waals surface area contributed by atoms with Gasteiger partial charge in [0.1, 0.15) is 5.54 Å². The lowest BCUT2D eigenvalue weighted by molar-refractivity contribution is -0.141. The number of piperidine rings is 1. The van der Waals surface area contributed by atoms with E-state index < -0.39 is 29.2 Å². The molecule has 22 heavy (non-hydrogen) atoms. The number of anilines is 1. The molecule has 1 unspecified atom stereocenters. The molecule has 4 amide bonds. The number of fused-ring (bicyclic) bond motifs is 1. The average molecular weight is 302 g/mol. The van der Waals surface area contributed by atoms with Crippen LogP contribution in [-0.4, -0.2) is 40.6 Å². The van der Waals surface area contributed by atoms with Crippen LogP contribution in [0.2, 0.25) is 0 Å². The van der Waals surface area contributed by atoms with Crippen molar-refractivity contribution < 1.29 is 19.2 Å². The van der Waals surface area contributed by atoms with Crippen LogP contribution in [0.3, 0.4) is 0 Å². The van der Waals surface area contributed by atoms with Crippen molar-refractivity contribution in [2.24, 2.45) is 5.73 Å². The molecule has 5 N–H and O–H groups in total. The van der Waals surface area contributed by atoms with Crippen molar-refractivity contribution in [3.05, 3.63) is 29.3 Å². The lowest BCUT2D eigenvalue weighted by atomic mass is 9.87. The van der Waals surface area contributed by atoms with E-state index in [0.717, 1.165) is 4.90 Å². The topological polar surface area (TPSA) is 136 Å². The summed E-state index contributed by atoms with van der Waals surface area (Å²) in [6.45, 7) is -0.257. The van der Waals surface area contributed by atoms with E-state index in [1.54, 1.807) is 0 Å². The number of nitrogens with two attached hydrogens (primary N) is 2. The summed E-state index contributed by atoms with van der Waals surface area (Å²) in [4.78, 5) is 49.6. The first-order valence-electron chi connectivity index (χ1n) is 6.73. The van der Waals surface area contributed by atoms with E-state index >= 15 is 0 Å². The fraction of sp³-hybridized carbons (Fsp3) is 0.286. The monoisotopic (exact) mass is 302 g/mol. The third-order valence-corrected chi connectivity index (χ3v) is 4.12. The van der Waals surface area contributed by atoms with Crippen molar-refractivity contribution in [1.82, 2.24) is 10.2 Å². The molecule has 2 aliphatic rings. The minimum atomic E-state index is -1.55. The van der Waals surface area contributed by atoms with Gasteiger partial charge in [-0.1, -0.05) is 0 Å². The van der Waals surface area contributed by atoms with Crippen molar-refractivity contribution >= 4 is 29.3 Å². The van der Waals surface area contributed by atoms with Gasteiger partial charge in [0.2, 0.25) is 5.91 Å². The molecule has 1 aromatic carbocycles. The Morgan fingerprint density at radius 3 is 2.45 bits per heavy atom. The standard InChI is InChI=1S/C14H14N4O4/c15-6-14(4-3-10(19)17-13(14)22)18-11(20)8-2-1-7(16)5-9(8)12(18)21/h1-2,5H,3-4,6,15-16H2,(H,17,19,22). The first kappa shape index (κ1) is 14.2. The molecule has 0 aromatic heterocycles. The SMILES string of the molecule is NCC1(N2C(=O)c3ccc(N)cc3C2=O)CCC(=O)NC1=O. The molecular weight excluding hydrogens is 288 g/mol. The number of amides is 4. The van der Waals surface area contributed by atoms with Gasteiger partial charge >= 0.3 is 0 Å². The number of nitrogens with one attached hydrogen (secondary N) is 1. The number of imide groups is 2. The van der Waals surface area contributed by atoms with Crippen molar-refractivity contribution in [3.8, 4) is 0 Å². The van der Waals surface area contributed by atoms with Gasteiger partial charge in [0, 0.05) is 18.7 Å². The summed E-state index contributed by atoms with van der Waals surface area (Å²) in [6.07, 6.45) is 0.0214.